The molecule has 0 unspecified atom stereocenters. The summed E-state index contributed by atoms with van der Waals surface area (Å²) in [7, 11) is 5.36. The van der Waals surface area contributed by atoms with Gasteiger partial charge in [-0.25, -0.2) is 0 Å². The highest BCUT2D eigenvalue weighted by molar-refractivity contribution is 5.98. The minimum absolute atomic E-state index is 0.148. The summed E-state index contributed by atoms with van der Waals surface area (Å²) in [6.07, 6.45) is 4.58. The van der Waals surface area contributed by atoms with E-state index >= 15 is 0 Å². The van der Waals surface area contributed by atoms with Crippen LogP contribution in [0.1, 0.15) is 41.6 Å². The molecule has 126 valence electrons. The van der Waals surface area contributed by atoms with Gasteiger partial charge < -0.3 is 14.5 Å². The molecule has 1 aromatic carbocycles. The van der Waals surface area contributed by atoms with Crippen LogP contribution in [0.3, 0.4) is 0 Å². The number of ether oxygens (including phenoxy) is 1. The lowest BCUT2D eigenvalue weighted by Gasteiger charge is -2.34. The highest BCUT2D eigenvalue weighted by Crippen LogP contribution is 2.31. The maximum atomic E-state index is 12.6. The van der Waals surface area contributed by atoms with Gasteiger partial charge >= 0.3 is 0 Å². The Labute approximate surface area is 138 Å². The standard InChI is InChI=1S/C18H26N2O3/c1-19(23-3)15-7-4-13(5-8-15)11-20-12-14-6-9-16(22-2)10-17(14)18(20)21/h6,9-10,13,15H,4-5,7-8,11-12H2,1-3H3. The fraction of sp³-hybridized carbons (Fsp3) is 0.611. The zero-order valence-corrected chi connectivity index (χ0v) is 14.2. The number of amides is 1. The van der Waals surface area contributed by atoms with Crippen molar-refractivity contribution in [3.63, 3.8) is 0 Å². The van der Waals surface area contributed by atoms with Crippen molar-refractivity contribution >= 4 is 5.91 Å². The van der Waals surface area contributed by atoms with Crippen molar-refractivity contribution in [2.45, 2.75) is 38.3 Å². The van der Waals surface area contributed by atoms with Crippen molar-refractivity contribution in [2.75, 3.05) is 27.8 Å². The molecule has 0 radical (unpaired) electrons. The molecule has 2 aliphatic rings. The van der Waals surface area contributed by atoms with Crippen molar-refractivity contribution in [3.05, 3.63) is 29.3 Å². The third-order valence-corrected chi connectivity index (χ3v) is 5.29. The summed E-state index contributed by atoms with van der Waals surface area (Å²) >= 11 is 0. The molecule has 1 amide bonds. The van der Waals surface area contributed by atoms with Gasteiger partial charge in [0, 0.05) is 31.7 Å². The van der Waals surface area contributed by atoms with Gasteiger partial charge in [-0.3, -0.25) is 4.79 Å². The van der Waals surface area contributed by atoms with Crippen molar-refractivity contribution < 1.29 is 14.4 Å². The summed E-state index contributed by atoms with van der Waals surface area (Å²) in [5.74, 6) is 1.49. The van der Waals surface area contributed by atoms with Gasteiger partial charge in [-0.2, -0.15) is 5.06 Å². The second kappa shape index (κ2) is 6.89. The fourth-order valence-electron chi connectivity index (χ4n) is 3.77. The molecule has 0 bridgehead atoms. The third-order valence-electron chi connectivity index (χ3n) is 5.29. The molecule has 0 saturated heterocycles. The topological polar surface area (TPSA) is 42.0 Å². The van der Waals surface area contributed by atoms with Crippen molar-refractivity contribution in [3.8, 4) is 5.75 Å². The van der Waals surface area contributed by atoms with Crippen LogP contribution in [-0.2, 0) is 11.4 Å². The number of carbonyl (C=O) groups excluding carboxylic acids is 1. The van der Waals surface area contributed by atoms with E-state index in [0.29, 0.717) is 12.0 Å². The van der Waals surface area contributed by atoms with E-state index in [9.17, 15) is 4.79 Å². The molecule has 0 atom stereocenters. The number of hydroxylamine groups is 2. The number of hydrogen-bond acceptors (Lipinski definition) is 4. The lowest BCUT2D eigenvalue weighted by atomic mass is 9.85. The van der Waals surface area contributed by atoms with Crippen molar-refractivity contribution in [2.24, 2.45) is 5.92 Å². The molecular formula is C18H26N2O3. The van der Waals surface area contributed by atoms with Crippen LogP contribution in [0.2, 0.25) is 0 Å². The first kappa shape index (κ1) is 16.3. The second-order valence-electron chi connectivity index (χ2n) is 6.61. The average molecular weight is 318 g/mol. The van der Waals surface area contributed by atoms with E-state index in [0.717, 1.165) is 55.6 Å². The maximum absolute atomic E-state index is 12.6. The first-order valence-corrected chi connectivity index (χ1v) is 8.35. The highest BCUT2D eigenvalue weighted by Gasteiger charge is 2.31. The number of carbonyl (C=O) groups is 1. The van der Waals surface area contributed by atoms with Gasteiger partial charge in [-0.1, -0.05) is 6.07 Å². The quantitative estimate of drug-likeness (QED) is 0.783. The number of benzene rings is 1. The van der Waals surface area contributed by atoms with Crippen LogP contribution in [0.5, 0.6) is 5.75 Å². The highest BCUT2D eigenvalue weighted by atomic mass is 16.7. The van der Waals surface area contributed by atoms with E-state index < -0.39 is 0 Å². The van der Waals surface area contributed by atoms with Crippen molar-refractivity contribution in [1.29, 1.82) is 0 Å². The van der Waals surface area contributed by atoms with E-state index in [4.69, 9.17) is 9.57 Å². The fourth-order valence-corrected chi connectivity index (χ4v) is 3.77. The molecule has 0 spiro atoms. The van der Waals surface area contributed by atoms with E-state index in [2.05, 4.69) is 0 Å². The minimum atomic E-state index is 0.148. The predicted molar refractivity (Wildman–Crippen MR) is 88.3 cm³/mol. The Kier molecular flexibility index (Phi) is 4.87. The van der Waals surface area contributed by atoms with Crippen molar-refractivity contribution in [1.82, 2.24) is 9.96 Å². The molecule has 1 heterocycles. The Balaban J connectivity index is 1.57. The normalized spacial score (nSPS) is 24.2. The Morgan fingerprint density at radius 3 is 2.61 bits per heavy atom. The lowest BCUT2D eigenvalue weighted by molar-refractivity contribution is -0.149. The average Bonchev–Trinajstić information content (AvgIpc) is 2.90. The lowest BCUT2D eigenvalue weighted by Crippen LogP contribution is -2.37. The Hall–Kier alpha value is -1.59. The van der Waals surface area contributed by atoms with Gasteiger partial charge in [-0.05, 0) is 49.3 Å². The number of methoxy groups -OCH3 is 1. The van der Waals surface area contributed by atoms with E-state index in [1.54, 1.807) is 14.2 Å². The molecule has 1 aromatic rings. The molecule has 1 aliphatic heterocycles. The molecule has 23 heavy (non-hydrogen) atoms. The number of rotatable bonds is 5. The molecule has 0 N–H and O–H groups in total. The zero-order chi connectivity index (χ0) is 16.4. The van der Waals surface area contributed by atoms with Crippen LogP contribution >= 0.6 is 0 Å². The van der Waals surface area contributed by atoms with Gasteiger partial charge in [0.05, 0.1) is 14.2 Å². The summed E-state index contributed by atoms with van der Waals surface area (Å²) in [4.78, 5) is 19.9. The van der Waals surface area contributed by atoms with Crippen LogP contribution in [0.15, 0.2) is 18.2 Å². The molecule has 1 aliphatic carbocycles. The summed E-state index contributed by atoms with van der Waals surface area (Å²) < 4.78 is 5.23. The Bertz CT molecular complexity index is 567. The van der Waals surface area contributed by atoms with Crippen LogP contribution in [-0.4, -0.2) is 49.7 Å². The Morgan fingerprint density at radius 2 is 1.96 bits per heavy atom. The van der Waals surface area contributed by atoms with E-state index in [1.807, 2.05) is 35.2 Å². The summed E-state index contributed by atoms with van der Waals surface area (Å²) in [6.45, 7) is 1.59. The molecule has 5 nitrogen and oxygen atoms in total. The largest absolute Gasteiger partial charge is 0.497 e. The first-order chi connectivity index (χ1) is 11.1. The van der Waals surface area contributed by atoms with Gasteiger partial charge in [0.1, 0.15) is 5.75 Å². The second-order valence-corrected chi connectivity index (χ2v) is 6.61. The molecular weight excluding hydrogens is 292 g/mol. The van der Waals surface area contributed by atoms with Crippen LogP contribution in [0, 0.1) is 5.92 Å². The SMILES string of the molecule is COc1ccc2c(c1)C(=O)N(CC1CCC(N(C)OC)CC1)C2. The van der Waals surface area contributed by atoms with Gasteiger partial charge in [0.2, 0.25) is 0 Å². The maximum Gasteiger partial charge on any atom is 0.254 e. The van der Waals surface area contributed by atoms with E-state index in [-0.39, 0.29) is 5.91 Å². The molecule has 5 heteroatoms. The first-order valence-electron chi connectivity index (χ1n) is 8.35. The number of hydrogen-bond donors (Lipinski definition) is 0. The van der Waals surface area contributed by atoms with Crippen LogP contribution < -0.4 is 4.74 Å². The monoisotopic (exact) mass is 318 g/mol. The van der Waals surface area contributed by atoms with Gasteiger partial charge in [0.25, 0.3) is 5.91 Å². The number of fused-ring (bicyclic) bond motifs is 1. The molecule has 1 fully saturated rings. The zero-order valence-electron chi connectivity index (χ0n) is 14.2. The predicted octanol–water partition coefficient (Wildman–Crippen LogP) is 2.70. The summed E-state index contributed by atoms with van der Waals surface area (Å²) in [6, 6.07) is 6.31. The summed E-state index contributed by atoms with van der Waals surface area (Å²) in [5.41, 5.74) is 1.92. The van der Waals surface area contributed by atoms with Gasteiger partial charge in [-0.15, -0.1) is 0 Å². The Morgan fingerprint density at radius 1 is 1.22 bits per heavy atom. The number of nitrogens with zero attached hydrogens (tertiary/aromatic N) is 2. The molecule has 1 saturated carbocycles. The minimum Gasteiger partial charge on any atom is -0.497 e. The smallest absolute Gasteiger partial charge is 0.254 e. The van der Waals surface area contributed by atoms with Gasteiger partial charge in [0.15, 0.2) is 0 Å². The third kappa shape index (κ3) is 3.35. The van der Waals surface area contributed by atoms with Crippen LogP contribution in [0.25, 0.3) is 0 Å². The van der Waals surface area contributed by atoms with E-state index in [1.165, 1.54) is 0 Å². The molecule has 0 aromatic heterocycles. The summed E-state index contributed by atoms with van der Waals surface area (Å²) in [5, 5.41) is 1.96. The molecule has 3 rings (SSSR count). The van der Waals surface area contributed by atoms with Crippen LogP contribution in [0.4, 0.5) is 0 Å².